The zero-order valence-corrected chi connectivity index (χ0v) is 11.8. The lowest BCUT2D eigenvalue weighted by molar-refractivity contribution is 0.0918. The maximum Gasteiger partial charge on any atom is 0.287 e. The van der Waals surface area contributed by atoms with Gasteiger partial charge < -0.3 is 9.73 Å². The Hall–Kier alpha value is -1.84. The summed E-state index contributed by atoms with van der Waals surface area (Å²) in [7, 11) is 0. The number of aryl methyl sites for hydroxylation is 1. The van der Waals surface area contributed by atoms with Gasteiger partial charge in [-0.15, -0.1) is 0 Å². The summed E-state index contributed by atoms with van der Waals surface area (Å²) in [5, 5.41) is 2.98. The van der Waals surface area contributed by atoms with E-state index in [1.807, 2.05) is 19.1 Å². The van der Waals surface area contributed by atoms with Crippen molar-refractivity contribution in [2.24, 2.45) is 5.92 Å². The molecule has 1 amide bonds. The number of rotatable bonds is 3. The predicted molar refractivity (Wildman–Crippen MR) is 77.7 cm³/mol. The number of pyridine rings is 1. The van der Waals surface area contributed by atoms with E-state index >= 15 is 0 Å². The molecular weight excluding hydrogens is 252 g/mol. The standard InChI is InChI=1S/C16H20N2O2/c1-11-7-8-14-13(18-11)9-15(20-14)16(19)17-10-12-5-3-2-4-6-12/h7-9,12H,2-6,10H2,1H3,(H,17,19). The molecule has 0 spiro atoms. The van der Waals surface area contributed by atoms with E-state index in [1.54, 1.807) is 6.07 Å². The number of carbonyl (C=O) groups is 1. The number of fused-ring (bicyclic) bond motifs is 1. The molecule has 0 bridgehead atoms. The van der Waals surface area contributed by atoms with Crippen LogP contribution in [0.2, 0.25) is 0 Å². The third-order valence-corrected chi connectivity index (χ3v) is 4.01. The van der Waals surface area contributed by atoms with Crippen molar-refractivity contribution in [3.8, 4) is 0 Å². The van der Waals surface area contributed by atoms with E-state index in [1.165, 1.54) is 32.1 Å². The van der Waals surface area contributed by atoms with Crippen LogP contribution in [0.25, 0.3) is 11.1 Å². The summed E-state index contributed by atoms with van der Waals surface area (Å²) in [6, 6.07) is 5.46. The first-order valence-corrected chi connectivity index (χ1v) is 7.38. The summed E-state index contributed by atoms with van der Waals surface area (Å²) in [6.07, 6.45) is 6.35. The van der Waals surface area contributed by atoms with Crippen LogP contribution >= 0.6 is 0 Å². The van der Waals surface area contributed by atoms with E-state index in [9.17, 15) is 4.79 Å². The molecule has 1 saturated carbocycles. The highest BCUT2D eigenvalue weighted by atomic mass is 16.3. The molecule has 4 nitrogen and oxygen atoms in total. The van der Waals surface area contributed by atoms with E-state index in [0.29, 0.717) is 17.3 Å². The molecular formula is C16H20N2O2. The molecule has 0 aliphatic heterocycles. The molecule has 0 aromatic carbocycles. The molecule has 0 saturated heterocycles. The normalized spacial score (nSPS) is 16.4. The minimum Gasteiger partial charge on any atom is -0.449 e. The zero-order valence-electron chi connectivity index (χ0n) is 11.8. The molecule has 1 fully saturated rings. The van der Waals surface area contributed by atoms with Gasteiger partial charge in [-0.25, -0.2) is 4.98 Å². The lowest BCUT2D eigenvalue weighted by atomic mass is 9.89. The number of furan rings is 1. The predicted octanol–water partition coefficient (Wildman–Crippen LogP) is 3.45. The molecule has 1 N–H and O–H groups in total. The molecule has 0 radical (unpaired) electrons. The maximum absolute atomic E-state index is 12.1. The highest BCUT2D eigenvalue weighted by molar-refractivity contribution is 5.95. The van der Waals surface area contributed by atoms with Gasteiger partial charge in [-0.2, -0.15) is 0 Å². The Morgan fingerprint density at radius 3 is 2.95 bits per heavy atom. The number of nitrogens with one attached hydrogen (secondary N) is 1. The molecule has 106 valence electrons. The summed E-state index contributed by atoms with van der Waals surface area (Å²) >= 11 is 0. The van der Waals surface area contributed by atoms with Crippen LogP contribution in [0, 0.1) is 12.8 Å². The largest absolute Gasteiger partial charge is 0.449 e. The smallest absolute Gasteiger partial charge is 0.287 e. The number of amides is 1. The molecule has 0 unspecified atom stereocenters. The quantitative estimate of drug-likeness (QED) is 0.931. The minimum absolute atomic E-state index is 0.133. The van der Waals surface area contributed by atoms with Crippen molar-refractivity contribution in [1.29, 1.82) is 0 Å². The van der Waals surface area contributed by atoms with Crippen molar-refractivity contribution in [3.05, 3.63) is 29.7 Å². The van der Waals surface area contributed by atoms with Crippen molar-refractivity contribution in [2.45, 2.75) is 39.0 Å². The van der Waals surface area contributed by atoms with Crippen LogP contribution < -0.4 is 5.32 Å². The van der Waals surface area contributed by atoms with Crippen LogP contribution in [-0.4, -0.2) is 17.4 Å². The van der Waals surface area contributed by atoms with Crippen LogP contribution in [0.4, 0.5) is 0 Å². The van der Waals surface area contributed by atoms with Gasteiger partial charge in [-0.1, -0.05) is 19.3 Å². The van der Waals surface area contributed by atoms with Gasteiger partial charge in [0.2, 0.25) is 0 Å². The Labute approximate surface area is 118 Å². The van der Waals surface area contributed by atoms with Crippen LogP contribution in [0.3, 0.4) is 0 Å². The number of aromatic nitrogens is 1. The molecule has 2 heterocycles. The second-order valence-electron chi connectivity index (χ2n) is 5.66. The summed E-state index contributed by atoms with van der Waals surface area (Å²) < 4.78 is 5.55. The summed E-state index contributed by atoms with van der Waals surface area (Å²) in [4.78, 5) is 16.5. The Bertz CT molecular complexity index is 612. The molecule has 3 rings (SSSR count). The summed E-state index contributed by atoms with van der Waals surface area (Å²) in [5.74, 6) is 0.845. The van der Waals surface area contributed by atoms with Gasteiger partial charge in [0.25, 0.3) is 5.91 Å². The highest BCUT2D eigenvalue weighted by Crippen LogP contribution is 2.23. The van der Waals surface area contributed by atoms with Crippen LogP contribution in [0.5, 0.6) is 0 Å². The van der Waals surface area contributed by atoms with Crippen molar-refractivity contribution < 1.29 is 9.21 Å². The molecule has 4 heteroatoms. The fourth-order valence-corrected chi connectivity index (χ4v) is 2.85. The van der Waals surface area contributed by atoms with Gasteiger partial charge in [-0.3, -0.25) is 4.79 Å². The van der Waals surface area contributed by atoms with Crippen molar-refractivity contribution in [1.82, 2.24) is 10.3 Å². The number of nitrogens with zero attached hydrogens (tertiary/aromatic N) is 1. The number of hydrogen-bond acceptors (Lipinski definition) is 3. The zero-order chi connectivity index (χ0) is 13.9. The van der Waals surface area contributed by atoms with E-state index < -0.39 is 0 Å². The van der Waals surface area contributed by atoms with Crippen molar-refractivity contribution in [2.75, 3.05) is 6.54 Å². The fourth-order valence-electron chi connectivity index (χ4n) is 2.85. The van der Waals surface area contributed by atoms with Gasteiger partial charge in [0, 0.05) is 18.3 Å². The van der Waals surface area contributed by atoms with Gasteiger partial charge in [0.1, 0.15) is 5.52 Å². The average molecular weight is 272 g/mol. The van der Waals surface area contributed by atoms with Gasteiger partial charge in [-0.05, 0) is 37.8 Å². The average Bonchev–Trinajstić information content (AvgIpc) is 2.89. The minimum atomic E-state index is -0.133. The molecule has 1 aliphatic carbocycles. The first-order valence-electron chi connectivity index (χ1n) is 7.38. The first kappa shape index (κ1) is 13.2. The summed E-state index contributed by atoms with van der Waals surface area (Å²) in [5.41, 5.74) is 2.33. The van der Waals surface area contributed by atoms with Crippen molar-refractivity contribution >= 4 is 17.0 Å². The molecule has 20 heavy (non-hydrogen) atoms. The highest BCUT2D eigenvalue weighted by Gasteiger charge is 2.17. The lowest BCUT2D eigenvalue weighted by Gasteiger charge is -2.21. The van der Waals surface area contributed by atoms with Crippen molar-refractivity contribution in [3.63, 3.8) is 0 Å². The second-order valence-corrected chi connectivity index (χ2v) is 5.66. The van der Waals surface area contributed by atoms with Gasteiger partial charge >= 0.3 is 0 Å². The number of carbonyl (C=O) groups excluding carboxylic acids is 1. The number of hydrogen-bond donors (Lipinski definition) is 1. The van der Waals surface area contributed by atoms with Gasteiger partial charge in [0.05, 0.1) is 0 Å². The Morgan fingerprint density at radius 1 is 1.35 bits per heavy atom. The topological polar surface area (TPSA) is 55.1 Å². The lowest BCUT2D eigenvalue weighted by Crippen LogP contribution is -2.29. The summed E-state index contributed by atoms with van der Waals surface area (Å²) in [6.45, 7) is 2.68. The molecule has 2 aromatic heterocycles. The maximum atomic E-state index is 12.1. The monoisotopic (exact) mass is 272 g/mol. The molecule has 2 aromatic rings. The first-order chi connectivity index (χ1) is 9.72. The second kappa shape index (κ2) is 5.65. The van der Waals surface area contributed by atoms with Crippen LogP contribution in [0.15, 0.2) is 22.6 Å². The Morgan fingerprint density at radius 2 is 2.15 bits per heavy atom. The molecule has 0 atom stereocenters. The third-order valence-electron chi connectivity index (χ3n) is 4.01. The van der Waals surface area contributed by atoms with Gasteiger partial charge in [0.15, 0.2) is 11.3 Å². The molecule has 1 aliphatic rings. The van der Waals surface area contributed by atoms with E-state index in [2.05, 4.69) is 10.3 Å². The van der Waals surface area contributed by atoms with E-state index in [-0.39, 0.29) is 5.91 Å². The van der Waals surface area contributed by atoms with E-state index in [0.717, 1.165) is 17.8 Å². The van der Waals surface area contributed by atoms with Crippen LogP contribution in [-0.2, 0) is 0 Å². The Kier molecular flexibility index (Phi) is 3.72. The SMILES string of the molecule is Cc1ccc2oc(C(=O)NCC3CCCCC3)cc2n1. The third kappa shape index (κ3) is 2.84. The van der Waals surface area contributed by atoms with Crippen LogP contribution in [0.1, 0.15) is 48.4 Å². The fraction of sp³-hybridized carbons (Fsp3) is 0.500. The Balaban J connectivity index is 1.65. The van der Waals surface area contributed by atoms with E-state index in [4.69, 9.17) is 4.42 Å².